The molecule has 1 atom stereocenters. The zero-order chi connectivity index (χ0) is 15.0. The van der Waals surface area contributed by atoms with Gasteiger partial charge in [0.25, 0.3) is 0 Å². The minimum Gasteiger partial charge on any atom is -0.324 e. The van der Waals surface area contributed by atoms with E-state index in [0.717, 1.165) is 48.5 Å². The summed E-state index contributed by atoms with van der Waals surface area (Å²) in [6.45, 7) is 7.55. The van der Waals surface area contributed by atoms with Gasteiger partial charge in [-0.3, -0.25) is 4.68 Å². The highest BCUT2D eigenvalue weighted by Crippen LogP contribution is 2.38. The van der Waals surface area contributed by atoms with Crippen LogP contribution in [-0.2, 0) is 13.0 Å². The molecule has 0 saturated heterocycles. The Hall–Kier alpha value is -1.75. The predicted octanol–water partition coefficient (Wildman–Crippen LogP) is 2.72. The molecule has 21 heavy (non-hydrogen) atoms. The number of aryl methyl sites for hydroxylation is 1. The van der Waals surface area contributed by atoms with Gasteiger partial charge in [0.05, 0.1) is 11.8 Å². The zero-order valence-corrected chi connectivity index (χ0v) is 13.0. The normalized spacial score (nSPS) is 20.3. The highest BCUT2D eigenvalue weighted by Gasteiger charge is 2.31. The Balaban J connectivity index is 1.95. The van der Waals surface area contributed by atoms with Gasteiger partial charge in [-0.25, -0.2) is 9.97 Å². The molecule has 2 heterocycles. The second-order valence-electron chi connectivity index (χ2n) is 6.74. The van der Waals surface area contributed by atoms with Crippen LogP contribution in [0.15, 0.2) is 18.6 Å². The molecule has 3 rings (SSSR count). The first-order valence-electron chi connectivity index (χ1n) is 7.63. The smallest absolute Gasteiger partial charge is 0.162 e. The van der Waals surface area contributed by atoms with Crippen LogP contribution < -0.4 is 5.73 Å². The largest absolute Gasteiger partial charge is 0.324 e. The Morgan fingerprint density at radius 3 is 2.95 bits per heavy atom. The number of nitrogens with zero attached hydrogens (tertiary/aromatic N) is 4. The van der Waals surface area contributed by atoms with Crippen molar-refractivity contribution in [2.24, 2.45) is 11.1 Å². The summed E-state index contributed by atoms with van der Waals surface area (Å²) in [5.41, 5.74) is 9.62. The summed E-state index contributed by atoms with van der Waals surface area (Å²) < 4.78 is 1.94. The molecule has 5 heteroatoms. The Labute approximate surface area is 125 Å². The quantitative estimate of drug-likeness (QED) is 0.941. The van der Waals surface area contributed by atoms with Gasteiger partial charge in [0, 0.05) is 36.2 Å². The van der Waals surface area contributed by atoms with Gasteiger partial charge in [0.15, 0.2) is 5.82 Å². The third-order valence-corrected chi connectivity index (χ3v) is 4.06. The van der Waals surface area contributed by atoms with Crippen LogP contribution in [0.3, 0.4) is 0 Å². The summed E-state index contributed by atoms with van der Waals surface area (Å²) in [5, 5.41) is 4.35. The van der Waals surface area contributed by atoms with Crippen molar-refractivity contribution in [3.63, 3.8) is 0 Å². The fraction of sp³-hybridized carbons (Fsp3) is 0.562. The van der Waals surface area contributed by atoms with Crippen LogP contribution in [0, 0.1) is 5.41 Å². The molecule has 5 nitrogen and oxygen atoms in total. The maximum atomic E-state index is 6.26. The maximum Gasteiger partial charge on any atom is 0.162 e. The Kier molecular flexibility index (Phi) is 3.53. The maximum absolute atomic E-state index is 6.26. The second-order valence-corrected chi connectivity index (χ2v) is 6.74. The van der Waals surface area contributed by atoms with E-state index in [1.807, 2.05) is 23.3 Å². The summed E-state index contributed by atoms with van der Waals surface area (Å²) in [5.74, 6) is 0.751. The highest BCUT2D eigenvalue weighted by atomic mass is 15.3. The van der Waals surface area contributed by atoms with Crippen LogP contribution in [0.2, 0.25) is 0 Å². The lowest BCUT2D eigenvalue weighted by molar-refractivity contribution is 0.278. The van der Waals surface area contributed by atoms with Crippen molar-refractivity contribution < 1.29 is 0 Å². The molecule has 0 saturated carbocycles. The summed E-state index contributed by atoms with van der Waals surface area (Å²) >= 11 is 0. The molecule has 0 bridgehead atoms. The lowest BCUT2D eigenvalue weighted by Crippen LogP contribution is -2.30. The van der Waals surface area contributed by atoms with Gasteiger partial charge >= 0.3 is 0 Å². The Bertz CT molecular complexity index is 644. The van der Waals surface area contributed by atoms with Crippen LogP contribution in [0.1, 0.15) is 50.9 Å². The van der Waals surface area contributed by atoms with E-state index in [1.165, 1.54) is 0 Å². The van der Waals surface area contributed by atoms with Crippen molar-refractivity contribution in [3.8, 4) is 11.4 Å². The first kappa shape index (κ1) is 14.2. The Morgan fingerprint density at radius 2 is 2.19 bits per heavy atom. The molecular formula is C16H23N5. The van der Waals surface area contributed by atoms with E-state index in [-0.39, 0.29) is 11.5 Å². The van der Waals surface area contributed by atoms with Crippen molar-refractivity contribution >= 4 is 0 Å². The lowest BCUT2D eigenvalue weighted by atomic mass is 9.74. The molecule has 0 fully saturated rings. The van der Waals surface area contributed by atoms with Gasteiger partial charge in [0.2, 0.25) is 0 Å². The summed E-state index contributed by atoms with van der Waals surface area (Å²) in [7, 11) is 0. The van der Waals surface area contributed by atoms with E-state index in [2.05, 4.69) is 30.9 Å². The molecule has 0 aromatic carbocycles. The molecule has 0 spiro atoms. The first-order chi connectivity index (χ1) is 9.98. The Morgan fingerprint density at radius 1 is 1.38 bits per heavy atom. The summed E-state index contributed by atoms with van der Waals surface area (Å²) in [4.78, 5) is 9.25. The SMILES string of the molecule is CCCn1cc(-c2ncc3c(n2)CC(C)(C)CC3N)cn1. The number of rotatable bonds is 3. The van der Waals surface area contributed by atoms with Gasteiger partial charge in [-0.15, -0.1) is 0 Å². The van der Waals surface area contributed by atoms with Crippen molar-refractivity contribution in [1.82, 2.24) is 19.7 Å². The number of nitrogens with two attached hydrogens (primary N) is 1. The van der Waals surface area contributed by atoms with Crippen molar-refractivity contribution in [2.75, 3.05) is 0 Å². The molecule has 2 aromatic rings. The van der Waals surface area contributed by atoms with E-state index >= 15 is 0 Å². The van der Waals surface area contributed by atoms with E-state index in [1.54, 1.807) is 0 Å². The fourth-order valence-corrected chi connectivity index (χ4v) is 3.08. The van der Waals surface area contributed by atoms with E-state index < -0.39 is 0 Å². The predicted molar refractivity (Wildman–Crippen MR) is 82.6 cm³/mol. The average Bonchev–Trinajstić information content (AvgIpc) is 2.85. The third-order valence-electron chi connectivity index (χ3n) is 4.06. The molecule has 0 radical (unpaired) electrons. The van der Waals surface area contributed by atoms with Crippen LogP contribution in [0.4, 0.5) is 0 Å². The molecule has 1 unspecified atom stereocenters. The fourth-order valence-electron chi connectivity index (χ4n) is 3.08. The van der Waals surface area contributed by atoms with Crippen LogP contribution >= 0.6 is 0 Å². The molecule has 0 aliphatic heterocycles. The van der Waals surface area contributed by atoms with E-state index in [9.17, 15) is 0 Å². The first-order valence-corrected chi connectivity index (χ1v) is 7.63. The molecule has 1 aliphatic rings. The van der Waals surface area contributed by atoms with Gasteiger partial charge in [0.1, 0.15) is 0 Å². The molecule has 112 valence electrons. The van der Waals surface area contributed by atoms with E-state index in [4.69, 9.17) is 10.7 Å². The number of hydrogen-bond acceptors (Lipinski definition) is 4. The molecule has 1 aliphatic carbocycles. The standard InChI is InChI=1S/C16H23N5/c1-4-5-21-10-11(8-19-21)15-18-9-12-13(17)6-16(2,3)7-14(12)20-15/h8-10,13H,4-7,17H2,1-3H3. The highest BCUT2D eigenvalue weighted by molar-refractivity contribution is 5.52. The monoisotopic (exact) mass is 285 g/mol. The van der Waals surface area contributed by atoms with Crippen LogP contribution in [-0.4, -0.2) is 19.7 Å². The lowest BCUT2D eigenvalue weighted by Gasteiger charge is -2.34. The summed E-state index contributed by atoms with van der Waals surface area (Å²) in [6.07, 6.45) is 8.75. The molecule has 2 aromatic heterocycles. The minimum atomic E-state index is 0.0422. The van der Waals surface area contributed by atoms with Gasteiger partial charge in [-0.1, -0.05) is 20.8 Å². The van der Waals surface area contributed by atoms with Crippen molar-refractivity contribution in [1.29, 1.82) is 0 Å². The molecule has 0 amide bonds. The van der Waals surface area contributed by atoms with E-state index in [0.29, 0.717) is 0 Å². The minimum absolute atomic E-state index is 0.0422. The van der Waals surface area contributed by atoms with Gasteiger partial charge in [-0.2, -0.15) is 5.10 Å². The van der Waals surface area contributed by atoms with Gasteiger partial charge in [-0.05, 0) is 24.7 Å². The van der Waals surface area contributed by atoms with Crippen molar-refractivity contribution in [2.45, 2.75) is 52.6 Å². The van der Waals surface area contributed by atoms with Crippen LogP contribution in [0.25, 0.3) is 11.4 Å². The number of aromatic nitrogens is 4. The van der Waals surface area contributed by atoms with Crippen LogP contribution in [0.5, 0.6) is 0 Å². The zero-order valence-electron chi connectivity index (χ0n) is 13.0. The summed E-state index contributed by atoms with van der Waals surface area (Å²) in [6, 6.07) is 0.0422. The average molecular weight is 285 g/mol. The third kappa shape index (κ3) is 2.83. The van der Waals surface area contributed by atoms with Crippen molar-refractivity contribution in [3.05, 3.63) is 29.8 Å². The number of hydrogen-bond donors (Lipinski definition) is 1. The second kappa shape index (κ2) is 5.22. The molecule has 2 N–H and O–H groups in total. The van der Waals surface area contributed by atoms with Gasteiger partial charge < -0.3 is 5.73 Å². The topological polar surface area (TPSA) is 69.6 Å². The number of fused-ring (bicyclic) bond motifs is 1. The molecular weight excluding hydrogens is 262 g/mol.